The van der Waals surface area contributed by atoms with Gasteiger partial charge in [0, 0.05) is 44.4 Å². The van der Waals surface area contributed by atoms with Gasteiger partial charge in [-0.2, -0.15) is 0 Å². The third-order valence-corrected chi connectivity index (χ3v) is 5.17. The number of methoxy groups -OCH3 is 2. The molecule has 0 saturated carbocycles. The Morgan fingerprint density at radius 2 is 1.63 bits per heavy atom. The standard InChI is InChI=1S/C23H26N2O5/c1-6-19(26)20-21(14-7-9-15(10-8-14)24(2)3)25(23(28)22(20)27)16-11-17(29-4)13-18(12-16)30-5/h7-13,21,27H,6H2,1-5H3. The number of hydrogen-bond donors (Lipinski definition) is 1. The number of amides is 1. The highest BCUT2D eigenvalue weighted by Crippen LogP contribution is 2.43. The zero-order chi connectivity index (χ0) is 22.0. The maximum Gasteiger partial charge on any atom is 0.294 e. The number of anilines is 2. The van der Waals surface area contributed by atoms with Gasteiger partial charge in [0.2, 0.25) is 0 Å². The summed E-state index contributed by atoms with van der Waals surface area (Å²) in [4.78, 5) is 29.1. The van der Waals surface area contributed by atoms with Crippen molar-refractivity contribution in [1.29, 1.82) is 0 Å². The zero-order valence-electron chi connectivity index (χ0n) is 17.8. The molecule has 0 spiro atoms. The molecule has 1 atom stereocenters. The third-order valence-electron chi connectivity index (χ3n) is 5.17. The topological polar surface area (TPSA) is 79.3 Å². The summed E-state index contributed by atoms with van der Waals surface area (Å²) in [6.45, 7) is 1.70. The van der Waals surface area contributed by atoms with E-state index in [0.29, 0.717) is 17.2 Å². The summed E-state index contributed by atoms with van der Waals surface area (Å²) in [7, 11) is 6.90. The predicted molar refractivity (Wildman–Crippen MR) is 115 cm³/mol. The van der Waals surface area contributed by atoms with Crippen molar-refractivity contribution in [3.63, 3.8) is 0 Å². The van der Waals surface area contributed by atoms with Crippen LogP contribution >= 0.6 is 0 Å². The minimum Gasteiger partial charge on any atom is -0.503 e. The quantitative estimate of drug-likeness (QED) is 0.751. The van der Waals surface area contributed by atoms with Crippen molar-refractivity contribution in [3.8, 4) is 11.5 Å². The summed E-state index contributed by atoms with van der Waals surface area (Å²) in [5.41, 5.74) is 2.26. The Balaban J connectivity index is 2.18. The molecule has 2 aromatic rings. The molecule has 0 radical (unpaired) electrons. The molecule has 0 aliphatic carbocycles. The second-order valence-corrected chi connectivity index (χ2v) is 7.17. The largest absolute Gasteiger partial charge is 0.503 e. The van der Waals surface area contributed by atoms with E-state index in [-0.39, 0.29) is 17.8 Å². The fourth-order valence-electron chi connectivity index (χ4n) is 3.55. The number of ether oxygens (including phenoxy) is 2. The Hall–Kier alpha value is -3.48. The van der Waals surface area contributed by atoms with E-state index in [2.05, 4.69) is 0 Å². The number of carbonyl (C=O) groups is 2. The zero-order valence-corrected chi connectivity index (χ0v) is 17.8. The monoisotopic (exact) mass is 410 g/mol. The van der Waals surface area contributed by atoms with Gasteiger partial charge in [-0.1, -0.05) is 19.1 Å². The molecule has 1 amide bonds. The van der Waals surface area contributed by atoms with Crippen LogP contribution in [0.25, 0.3) is 0 Å². The SMILES string of the molecule is CCC(=O)C1=C(O)C(=O)N(c2cc(OC)cc(OC)c2)C1c1ccc(N(C)C)cc1. The van der Waals surface area contributed by atoms with Crippen LogP contribution in [0.2, 0.25) is 0 Å². The van der Waals surface area contributed by atoms with E-state index in [1.54, 1.807) is 25.1 Å². The van der Waals surface area contributed by atoms with Crippen LogP contribution in [0.5, 0.6) is 11.5 Å². The van der Waals surface area contributed by atoms with Gasteiger partial charge in [0.25, 0.3) is 5.91 Å². The fourth-order valence-corrected chi connectivity index (χ4v) is 3.55. The molecule has 3 rings (SSSR count). The number of Topliss-reactive ketones (excluding diaryl/α,β-unsaturated/α-hetero) is 1. The highest BCUT2D eigenvalue weighted by atomic mass is 16.5. The second-order valence-electron chi connectivity index (χ2n) is 7.17. The Labute approximate surface area is 176 Å². The van der Waals surface area contributed by atoms with Gasteiger partial charge in [-0.3, -0.25) is 14.5 Å². The first-order valence-corrected chi connectivity index (χ1v) is 9.62. The van der Waals surface area contributed by atoms with E-state index in [9.17, 15) is 14.7 Å². The lowest BCUT2D eigenvalue weighted by Crippen LogP contribution is -2.31. The summed E-state index contributed by atoms with van der Waals surface area (Å²) in [5, 5.41) is 10.6. The molecule has 1 N–H and O–H groups in total. The van der Waals surface area contributed by atoms with E-state index >= 15 is 0 Å². The van der Waals surface area contributed by atoms with Crippen molar-refractivity contribution in [2.45, 2.75) is 19.4 Å². The highest BCUT2D eigenvalue weighted by Gasteiger charge is 2.44. The van der Waals surface area contributed by atoms with Crippen molar-refractivity contribution in [2.24, 2.45) is 0 Å². The first-order valence-electron chi connectivity index (χ1n) is 9.62. The van der Waals surface area contributed by atoms with E-state index in [1.165, 1.54) is 19.1 Å². The molecule has 1 aliphatic rings. The van der Waals surface area contributed by atoms with Crippen LogP contribution in [0.4, 0.5) is 11.4 Å². The molecule has 1 aliphatic heterocycles. The van der Waals surface area contributed by atoms with Crippen LogP contribution in [0, 0.1) is 0 Å². The number of ketones is 1. The third kappa shape index (κ3) is 3.70. The predicted octanol–water partition coefficient (Wildman–Crippen LogP) is 3.65. The normalized spacial score (nSPS) is 16.1. The second kappa shape index (κ2) is 8.49. The number of nitrogens with zero attached hydrogens (tertiary/aromatic N) is 2. The minimum absolute atomic E-state index is 0.0990. The lowest BCUT2D eigenvalue weighted by atomic mass is 9.94. The molecule has 0 bridgehead atoms. The number of hydrogen-bond acceptors (Lipinski definition) is 6. The van der Waals surface area contributed by atoms with Crippen molar-refractivity contribution in [2.75, 3.05) is 38.1 Å². The number of rotatable bonds is 7. The lowest BCUT2D eigenvalue weighted by Gasteiger charge is -2.28. The van der Waals surface area contributed by atoms with Crippen LogP contribution in [-0.4, -0.2) is 45.1 Å². The molecular formula is C23H26N2O5. The molecule has 158 valence electrons. The van der Waals surface area contributed by atoms with E-state index in [0.717, 1.165) is 11.3 Å². The molecule has 0 saturated heterocycles. The van der Waals surface area contributed by atoms with Crippen LogP contribution in [0.3, 0.4) is 0 Å². The summed E-state index contributed by atoms with van der Waals surface area (Å²) in [6.07, 6.45) is 0.175. The van der Waals surface area contributed by atoms with Crippen molar-refractivity contribution in [3.05, 3.63) is 59.4 Å². The Morgan fingerprint density at radius 3 is 2.10 bits per heavy atom. The molecule has 2 aromatic carbocycles. The number of aliphatic hydroxyl groups excluding tert-OH is 1. The first-order chi connectivity index (χ1) is 14.3. The van der Waals surface area contributed by atoms with Gasteiger partial charge in [0.15, 0.2) is 11.5 Å². The average molecular weight is 410 g/mol. The van der Waals surface area contributed by atoms with Gasteiger partial charge >= 0.3 is 0 Å². The number of aliphatic hydroxyl groups is 1. The summed E-state index contributed by atoms with van der Waals surface area (Å²) < 4.78 is 10.7. The summed E-state index contributed by atoms with van der Waals surface area (Å²) >= 11 is 0. The molecular weight excluding hydrogens is 384 g/mol. The smallest absolute Gasteiger partial charge is 0.294 e. The van der Waals surface area contributed by atoms with Crippen LogP contribution in [0.1, 0.15) is 24.9 Å². The summed E-state index contributed by atoms with van der Waals surface area (Å²) in [5.74, 6) is -0.448. The van der Waals surface area contributed by atoms with Gasteiger partial charge in [-0.05, 0) is 17.7 Å². The van der Waals surface area contributed by atoms with Gasteiger partial charge < -0.3 is 19.5 Å². The molecule has 0 fully saturated rings. The summed E-state index contributed by atoms with van der Waals surface area (Å²) in [6, 6.07) is 11.8. The molecule has 30 heavy (non-hydrogen) atoms. The lowest BCUT2D eigenvalue weighted by molar-refractivity contribution is -0.118. The minimum atomic E-state index is -0.752. The maximum absolute atomic E-state index is 13.1. The van der Waals surface area contributed by atoms with Gasteiger partial charge in [0.1, 0.15) is 11.5 Å². The molecule has 1 unspecified atom stereocenters. The Morgan fingerprint density at radius 1 is 1.07 bits per heavy atom. The van der Waals surface area contributed by atoms with E-state index in [4.69, 9.17) is 9.47 Å². The van der Waals surface area contributed by atoms with E-state index in [1.807, 2.05) is 43.3 Å². The number of benzene rings is 2. The first kappa shape index (κ1) is 21.2. The van der Waals surface area contributed by atoms with Crippen molar-refractivity contribution in [1.82, 2.24) is 0 Å². The van der Waals surface area contributed by atoms with Crippen LogP contribution in [0.15, 0.2) is 53.8 Å². The van der Waals surface area contributed by atoms with Gasteiger partial charge in [0.05, 0.1) is 31.5 Å². The molecule has 1 heterocycles. The van der Waals surface area contributed by atoms with E-state index < -0.39 is 17.7 Å². The number of carbonyl (C=O) groups excluding carboxylic acids is 2. The maximum atomic E-state index is 13.1. The van der Waals surface area contributed by atoms with Crippen LogP contribution < -0.4 is 19.3 Å². The molecule has 0 aromatic heterocycles. The van der Waals surface area contributed by atoms with Crippen LogP contribution in [-0.2, 0) is 9.59 Å². The molecule has 7 heteroatoms. The molecule has 7 nitrogen and oxygen atoms in total. The van der Waals surface area contributed by atoms with Gasteiger partial charge in [-0.25, -0.2) is 0 Å². The Bertz CT molecular complexity index is 973. The van der Waals surface area contributed by atoms with Crippen molar-refractivity contribution >= 4 is 23.1 Å². The van der Waals surface area contributed by atoms with Gasteiger partial charge in [-0.15, -0.1) is 0 Å². The average Bonchev–Trinajstić information content (AvgIpc) is 3.03. The fraction of sp³-hybridized carbons (Fsp3) is 0.304. The Kier molecular flexibility index (Phi) is 6.01. The highest BCUT2D eigenvalue weighted by molar-refractivity contribution is 6.16. The van der Waals surface area contributed by atoms with Crippen molar-refractivity contribution < 1.29 is 24.2 Å².